The third-order valence-corrected chi connectivity index (χ3v) is 5.08. The standard InChI is InChI=1S/C20H28N2O.CH2/c1-20(2,3)17-6-8-18(9-7-17)21-19(23)13-15-10-12-22-11-4-5-16(15)14-22;/h6-9,13,16H,4-5,10-12,14H2,1-3H3,(H,21,23);1H2. The molecule has 0 saturated carbocycles. The molecule has 2 aliphatic heterocycles. The number of hydrogen-bond acceptors (Lipinski definition) is 2. The normalized spacial score (nSPS) is 25.0. The fraction of sp³-hybridized carbons (Fsp3) is 0.524. The maximum atomic E-state index is 12.3. The van der Waals surface area contributed by atoms with Crippen LogP contribution in [0, 0.1) is 13.3 Å². The molecule has 2 aliphatic rings. The van der Waals surface area contributed by atoms with Crippen molar-refractivity contribution < 1.29 is 4.79 Å². The molecule has 2 saturated heterocycles. The Kier molecular flexibility index (Phi) is 5.87. The predicted molar refractivity (Wildman–Crippen MR) is 101 cm³/mol. The first-order valence-electron chi connectivity index (χ1n) is 8.76. The minimum absolute atomic E-state index is 0. The Morgan fingerprint density at radius 2 is 1.92 bits per heavy atom. The Morgan fingerprint density at radius 3 is 2.58 bits per heavy atom. The molecule has 24 heavy (non-hydrogen) atoms. The molecule has 2 heterocycles. The molecule has 1 aromatic carbocycles. The van der Waals surface area contributed by atoms with E-state index in [0.717, 1.165) is 25.2 Å². The van der Waals surface area contributed by atoms with Crippen LogP contribution in [0.4, 0.5) is 5.69 Å². The molecular weight excluding hydrogens is 296 g/mol. The zero-order valence-corrected chi connectivity index (χ0v) is 15.3. The van der Waals surface area contributed by atoms with Gasteiger partial charge in [-0.15, -0.1) is 0 Å². The monoisotopic (exact) mass is 326 g/mol. The van der Waals surface area contributed by atoms with Gasteiger partial charge in [0.05, 0.1) is 0 Å². The zero-order chi connectivity index (χ0) is 16.4. The highest BCUT2D eigenvalue weighted by molar-refractivity contribution is 5.99. The molecule has 0 aromatic heterocycles. The molecule has 3 nitrogen and oxygen atoms in total. The predicted octanol–water partition coefficient (Wildman–Crippen LogP) is 4.29. The number of fused-ring (bicyclic) bond motifs is 2. The topological polar surface area (TPSA) is 32.3 Å². The summed E-state index contributed by atoms with van der Waals surface area (Å²) in [6.45, 7) is 10.1. The van der Waals surface area contributed by atoms with Crippen LogP contribution in [0.2, 0.25) is 0 Å². The number of carbonyl (C=O) groups is 1. The number of amides is 1. The lowest BCUT2D eigenvalue weighted by Crippen LogP contribution is -2.41. The fourth-order valence-corrected chi connectivity index (χ4v) is 3.64. The maximum Gasteiger partial charge on any atom is 0.248 e. The van der Waals surface area contributed by atoms with E-state index in [4.69, 9.17) is 0 Å². The van der Waals surface area contributed by atoms with Gasteiger partial charge in [-0.1, -0.05) is 45.9 Å². The van der Waals surface area contributed by atoms with Gasteiger partial charge in [-0.25, -0.2) is 0 Å². The number of nitrogens with zero attached hydrogens (tertiary/aromatic N) is 1. The zero-order valence-electron chi connectivity index (χ0n) is 15.3. The van der Waals surface area contributed by atoms with E-state index >= 15 is 0 Å². The highest BCUT2D eigenvalue weighted by Crippen LogP contribution is 2.30. The summed E-state index contributed by atoms with van der Waals surface area (Å²) in [5, 5.41) is 3.01. The summed E-state index contributed by atoms with van der Waals surface area (Å²) in [6.07, 6.45) is 5.39. The lowest BCUT2D eigenvalue weighted by molar-refractivity contribution is -0.112. The average Bonchev–Trinajstić information content (AvgIpc) is 2.50. The van der Waals surface area contributed by atoms with Gasteiger partial charge in [0.1, 0.15) is 0 Å². The van der Waals surface area contributed by atoms with Crippen LogP contribution in [-0.4, -0.2) is 30.4 Å². The Balaban J connectivity index is 0.00000208. The van der Waals surface area contributed by atoms with E-state index in [2.05, 4.69) is 43.1 Å². The maximum absolute atomic E-state index is 12.3. The molecule has 2 unspecified atom stereocenters. The van der Waals surface area contributed by atoms with E-state index in [9.17, 15) is 4.79 Å². The van der Waals surface area contributed by atoms with Crippen LogP contribution in [0.5, 0.6) is 0 Å². The van der Waals surface area contributed by atoms with Crippen molar-refractivity contribution in [3.05, 3.63) is 48.9 Å². The molecule has 1 amide bonds. The van der Waals surface area contributed by atoms with Gasteiger partial charge in [-0.3, -0.25) is 4.79 Å². The number of carbonyl (C=O) groups excluding carboxylic acids is 1. The summed E-state index contributed by atoms with van der Waals surface area (Å²) in [6, 6.07) is 8.20. The van der Waals surface area contributed by atoms with Crippen molar-refractivity contribution in [2.45, 2.75) is 45.4 Å². The average molecular weight is 326 g/mol. The van der Waals surface area contributed by atoms with Crippen molar-refractivity contribution in [2.75, 3.05) is 25.0 Å². The minimum atomic E-state index is 0. The molecule has 0 spiro atoms. The first-order valence-corrected chi connectivity index (χ1v) is 8.76. The van der Waals surface area contributed by atoms with E-state index < -0.39 is 0 Å². The first kappa shape index (κ1) is 18.7. The van der Waals surface area contributed by atoms with Gasteiger partial charge in [0.2, 0.25) is 5.91 Å². The summed E-state index contributed by atoms with van der Waals surface area (Å²) in [4.78, 5) is 14.8. The van der Waals surface area contributed by atoms with E-state index in [0.29, 0.717) is 5.92 Å². The molecule has 1 N–H and O–H groups in total. The van der Waals surface area contributed by atoms with Crippen LogP contribution in [-0.2, 0) is 10.2 Å². The highest BCUT2D eigenvalue weighted by atomic mass is 16.1. The molecule has 2 fully saturated rings. The van der Waals surface area contributed by atoms with E-state index in [1.165, 1.54) is 30.5 Å². The molecule has 3 heteroatoms. The summed E-state index contributed by atoms with van der Waals surface area (Å²) >= 11 is 0. The van der Waals surface area contributed by atoms with Gasteiger partial charge in [0.25, 0.3) is 0 Å². The molecule has 2 bridgehead atoms. The van der Waals surface area contributed by atoms with Crippen LogP contribution in [0.1, 0.15) is 45.6 Å². The third-order valence-electron chi connectivity index (χ3n) is 5.08. The van der Waals surface area contributed by atoms with Gasteiger partial charge in [0, 0.05) is 24.9 Å². The molecule has 3 rings (SSSR count). The summed E-state index contributed by atoms with van der Waals surface area (Å²) in [5.74, 6) is 0.606. The van der Waals surface area contributed by atoms with Gasteiger partial charge >= 0.3 is 0 Å². The number of piperidine rings is 2. The number of anilines is 1. The smallest absolute Gasteiger partial charge is 0.248 e. The van der Waals surface area contributed by atoms with Gasteiger partial charge in [-0.2, -0.15) is 0 Å². The summed E-state index contributed by atoms with van der Waals surface area (Å²) in [5.41, 5.74) is 3.63. The van der Waals surface area contributed by atoms with E-state index in [1.54, 1.807) is 0 Å². The van der Waals surface area contributed by atoms with Crippen LogP contribution in [0.3, 0.4) is 0 Å². The Morgan fingerprint density at radius 1 is 1.21 bits per heavy atom. The Hall–Kier alpha value is -1.61. The fourth-order valence-electron chi connectivity index (χ4n) is 3.64. The number of rotatable bonds is 2. The van der Waals surface area contributed by atoms with Crippen molar-refractivity contribution in [2.24, 2.45) is 5.92 Å². The van der Waals surface area contributed by atoms with Crippen molar-refractivity contribution in [3.63, 3.8) is 0 Å². The number of benzene rings is 1. The Labute approximate surface area is 147 Å². The van der Waals surface area contributed by atoms with Crippen LogP contribution in [0.25, 0.3) is 0 Å². The first-order chi connectivity index (χ1) is 10.9. The van der Waals surface area contributed by atoms with Gasteiger partial charge in [-0.05, 0) is 54.8 Å². The number of hydrogen-bond donors (Lipinski definition) is 1. The van der Waals surface area contributed by atoms with E-state index in [1.807, 2.05) is 18.2 Å². The molecule has 2 radical (unpaired) electrons. The molecule has 0 aliphatic carbocycles. The summed E-state index contributed by atoms with van der Waals surface area (Å²) < 4.78 is 0. The molecular formula is C21H30N2O. The van der Waals surface area contributed by atoms with Crippen LogP contribution >= 0.6 is 0 Å². The van der Waals surface area contributed by atoms with Crippen molar-refractivity contribution in [1.29, 1.82) is 0 Å². The SMILES string of the molecule is CC(C)(C)c1ccc(NC(=O)C=C2CCN3CCCC2C3)cc1.[CH2]. The molecule has 130 valence electrons. The van der Waals surface area contributed by atoms with Crippen molar-refractivity contribution >= 4 is 11.6 Å². The second-order valence-electron chi connectivity index (χ2n) is 7.93. The quantitative estimate of drug-likeness (QED) is 0.822. The van der Waals surface area contributed by atoms with Gasteiger partial charge < -0.3 is 10.2 Å². The Bertz CT molecular complexity index is 595. The largest absolute Gasteiger partial charge is 0.323 e. The van der Waals surface area contributed by atoms with E-state index in [-0.39, 0.29) is 18.7 Å². The third kappa shape index (κ3) is 4.47. The van der Waals surface area contributed by atoms with Gasteiger partial charge in [0.15, 0.2) is 0 Å². The second-order valence-corrected chi connectivity index (χ2v) is 7.93. The molecule has 1 aromatic rings. The van der Waals surface area contributed by atoms with Crippen molar-refractivity contribution in [1.82, 2.24) is 4.90 Å². The molecule has 2 atom stereocenters. The lowest BCUT2D eigenvalue weighted by Gasteiger charge is -2.39. The summed E-state index contributed by atoms with van der Waals surface area (Å²) in [7, 11) is 0. The highest BCUT2D eigenvalue weighted by Gasteiger charge is 2.27. The van der Waals surface area contributed by atoms with Crippen LogP contribution < -0.4 is 5.32 Å². The lowest BCUT2D eigenvalue weighted by atomic mass is 9.84. The second kappa shape index (κ2) is 7.52. The van der Waals surface area contributed by atoms with Crippen LogP contribution in [0.15, 0.2) is 35.9 Å². The minimum Gasteiger partial charge on any atom is -0.323 e. The van der Waals surface area contributed by atoms with Crippen molar-refractivity contribution in [3.8, 4) is 0 Å². The number of nitrogens with one attached hydrogen (secondary N) is 1.